The summed E-state index contributed by atoms with van der Waals surface area (Å²) in [6.07, 6.45) is -0.284. The van der Waals surface area contributed by atoms with E-state index in [0.29, 0.717) is 10.6 Å². The van der Waals surface area contributed by atoms with E-state index in [2.05, 4.69) is 10.6 Å². The van der Waals surface area contributed by atoms with Crippen molar-refractivity contribution in [1.82, 2.24) is 10.6 Å². The van der Waals surface area contributed by atoms with Gasteiger partial charge >= 0.3 is 7.12 Å². The van der Waals surface area contributed by atoms with Crippen LogP contribution in [-0.2, 0) is 9.59 Å². The van der Waals surface area contributed by atoms with E-state index in [4.69, 9.17) is 21.6 Å². The lowest BCUT2D eigenvalue weighted by Gasteiger charge is -2.18. The van der Waals surface area contributed by atoms with Gasteiger partial charge in [0.2, 0.25) is 11.8 Å². The molecule has 0 saturated heterocycles. The Kier molecular flexibility index (Phi) is 6.50. The van der Waals surface area contributed by atoms with Gasteiger partial charge in [0.05, 0.1) is 18.9 Å². The molecule has 20 heavy (non-hydrogen) atoms. The Morgan fingerprint density at radius 2 is 2.10 bits per heavy atom. The molecule has 2 amide bonds. The molecule has 1 unspecified atom stereocenters. The molecule has 1 atom stereocenters. The normalized spacial score (nSPS) is 11.6. The molecular weight excluding hydrogens is 282 g/mol. The predicted molar refractivity (Wildman–Crippen MR) is 75.8 cm³/mol. The fourth-order valence-corrected chi connectivity index (χ4v) is 1.88. The zero-order chi connectivity index (χ0) is 15.1. The maximum Gasteiger partial charge on any atom is 0.472 e. The summed E-state index contributed by atoms with van der Waals surface area (Å²) in [5.41, 5.74) is 0.701. The minimum absolute atomic E-state index is 0.0212. The highest BCUT2D eigenvalue weighted by Crippen LogP contribution is 2.20. The van der Waals surface area contributed by atoms with E-state index < -0.39 is 19.1 Å². The van der Waals surface area contributed by atoms with Gasteiger partial charge in [0.1, 0.15) is 0 Å². The van der Waals surface area contributed by atoms with Crippen LogP contribution in [0.4, 0.5) is 0 Å². The number of hydrogen-bond acceptors (Lipinski definition) is 4. The van der Waals surface area contributed by atoms with E-state index in [9.17, 15) is 9.59 Å². The SMILES string of the molecule is CC(=O)NC(CC(=O)NCB(O)O)c1cccc(Cl)c1. The van der Waals surface area contributed by atoms with Crippen molar-refractivity contribution in [2.75, 3.05) is 6.44 Å². The van der Waals surface area contributed by atoms with Gasteiger partial charge in [-0.25, -0.2) is 0 Å². The van der Waals surface area contributed by atoms with E-state index in [1.807, 2.05) is 0 Å². The van der Waals surface area contributed by atoms with Crippen LogP contribution in [0, 0.1) is 0 Å². The van der Waals surface area contributed by atoms with Crippen molar-refractivity contribution in [2.45, 2.75) is 19.4 Å². The highest BCUT2D eigenvalue weighted by molar-refractivity contribution is 6.41. The maximum atomic E-state index is 11.7. The third-order valence-corrected chi connectivity index (χ3v) is 2.73. The maximum absolute atomic E-state index is 11.7. The zero-order valence-corrected chi connectivity index (χ0v) is 11.7. The molecule has 0 saturated carbocycles. The quantitative estimate of drug-likeness (QED) is 0.557. The van der Waals surface area contributed by atoms with Gasteiger partial charge < -0.3 is 20.7 Å². The van der Waals surface area contributed by atoms with Gasteiger partial charge in [0, 0.05) is 11.9 Å². The standard InChI is InChI=1S/C12H16BClN2O4/c1-8(17)16-11(6-12(18)15-7-13(19)20)9-3-2-4-10(14)5-9/h2-5,11,19-20H,6-7H2,1H3,(H,15,18)(H,16,17). The summed E-state index contributed by atoms with van der Waals surface area (Å²) in [4.78, 5) is 22.9. The largest absolute Gasteiger partial charge is 0.472 e. The predicted octanol–water partition coefficient (Wildman–Crippen LogP) is 0.0355. The third-order valence-electron chi connectivity index (χ3n) is 2.50. The van der Waals surface area contributed by atoms with E-state index in [0.717, 1.165) is 0 Å². The molecule has 6 nitrogen and oxygen atoms in total. The molecule has 0 aliphatic carbocycles. The highest BCUT2D eigenvalue weighted by Gasteiger charge is 2.18. The van der Waals surface area contributed by atoms with Crippen LogP contribution in [0.25, 0.3) is 0 Å². The van der Waals surface area contributed by atoms with Crippen molar-refractivity contribution in [3.05, 3.63) is 34.9 Å². The smallest absolute Gasteiger partial charge is 0.426 e. The van der Waals surface area contributed by atoms with Gasteiger partial charge in [-0.15, -0.1) is 0 Å². The van der Waals surface area contributed by atoms with Gasteiger partial charge in [-0.1, -0.05) is 23.7 Å². The summed E-state index contributed by atoms with van der Waals surface area (Å²) in [5, 5.41) is 22.9. The first-order valence-corrected chi connectivity index (χ1v) is 6.41. The van der Waals surface area contributed by atoms with Crippen LogP contribution in [0.3, 0.4) is 0 Å². The van der Waals surface area contributed by atoms with Gasteiger partial charge in [0.15, 0.2) is 0 Å². The van der Waals surface area contributed by atoms with Gasteiger partial charge in [-0.3, -0.25) is 9.59 Å². The summed E-state index contributed by atoms with van der Waals surface area (Å²) in [7, 11) is -1.61. The van der Waals surface area contributed by atoms with Crippen LogP contribution in [0.15, 0.2) is 24.3 Å². The molecule has 0 aromatic heterocycles. The summed E-state index contributed by atoms with van der Waals surface area (Å²) >= 11 is 5.89. The monoisotopic (exact) mass is 298 g/mol. The number of halogens is 1. The van der Waals surface area contributed by atoms with Crippen LogP contribution in [0.2, 0.25) is 5.02 Å². The molecule has 0 spiro atoms. The lowest BCUT2D eigenvalue weighted by molar-refractivity contribution is -0.122. The zero-order valence-electron chi connectivity index (χ0n) is 11.0. The van der Waals surface area contributed by atoms with E-state index in [1.165, 1.54) is 6.92 Å². The summed E-state index contributed by atoms with van der Waals surface area (Å²) in [5.74, 6) is -0.679. The molecule has 0 fully saturated rings. The average Bonchev–Trinajstić information content (AvgIpc) is 2.35. The molecule has 1 rings (SSSR count). The van der Waals surface area contributed by atoms with Crippen molar-refractivity contribution < 1.29 is 19.6 Å². The highest BCUT2D eigenvalue weighted by atomic mass is 35.5. The van der Waals surface area contributed by atoms with Crippen LogP contribution in [0.5, 0.6) is 0 Å². The van der Waals surface area contributed by atoms with Crippen LogP contribution >= 0.6 is 11.6 Å². The van der Waals surface area contributed by atoms with E-state index >= 15 is 0 Å². The first-order valence-electron chi connectivity index (χ1n) is 6.04. The van der Waals surface area contributed by atoms with Crippen molar-refractivity contribution >= 4 is 30.5 Å². The molecule has 0 aliphatic heterocycles. The molecule has 1 aromatic carbocycles. The third kappa shape index (κ3) is 6.05. The Hall–Kier alpha value is -1.57. The fourth-order valence-electron chi connectivity index (χ4n) is 1.68. The van der Waals surface area contributed by atoms with E-state index in [-0.39, 0.29) is 18.8 Å². The number of carbonyl (C=O) groups excluding carboxylic acids is 2. The number of carbonyl (C=O) groups is 2. The second kappa shape index (κ2) is 7.89. The molecule has 0 radical (unpaired) electrons. The van der Waals surface area contributed by atoms with Gasteiger partial charge in [0.25, 0.3) is 0 Å². The number of benzene rings is 1. The van der Waals surface area contributed by atoms with Gasteiger partial charge in [-0.05, 0) is 17.7 Å². The Balaban J connectivity index is 2.74. The van der Waals surface area contributed by atoms with Crippen LogP contribution < -0.4 is 10.6 Å². The second-order valence-corrected chi connectivity index (χ2v) is 4.73. The van der Waals surface area contributed by atoms with Crippen molar-refractivity contribution in [3.63, 3.8) is 0 Å². The van der Waals surface area contributed by atoms with Crippen molar-refractivity contribution in [2.24, 2.45) is 0 Å². The first-order chi connectivity index (χ1) is 9.38. The Morgan fingerprint density at radius 3 is 2.65 bits per heavy atom. The fraction of sp³-hybridized carbons (Fsp3) is 0.333. The molecule has 108 valence electrons. The van der Waals surface area contributed by atoms with Crippen LogP contribution in [-0.4, -0.2) is 35.4 Å². The second-order valence-electron chi connectivity index (χ2n) is 4.30. The van der Waals surface area contributed by atoms with Crippen LogP contribution in [0.1, 0.15) is 24.9 Å². The van der Waals surface area contributed by atoms with E-state index in [1.54, 1.807) is 24.3 Å². The molecule has 4 N–H and O–H groups in total. The number of hydrogen-bond donors (Lipinski definition) is 4. The first kappa shape index (κ1) is 16.5. The number of amides is 2. The van der Waals surface area contributed by atoms with Gasteiger partial charge in [-0.2, -0.15) is 0 Å². The summed E-state index contributed by atoms with van der Waals surface area (Å²) in [6.45, 7) is 1.35. The average molecular weight is 299 g/mol. The molecule has 8 heteroatoms. The summed E-state index contributed by atoms with van der Waals surface area (Å²) in [6, 6.07) is 6.30. The summed E-state index contributed by atoms with van der Waals surface area (Å²) < 4.78 is 0. The molecule has 0 heterocycles. The molecule has 1 aromatic rings. The minimum atomic E-state index is -1.61. The Bertz CT molecular complexity index is 484. The lowest BCUT2D eigenvalue weighted by atomic mass is 9.92. The van der Waals surface area contributed by atoms with Crippen molar-refractivity contribution in [1.29, 1.82) is 0 Å². The molecule has 0 bridgehead atoms. The van der Waals surface area contributed by atoms with Crippen molar-refractivity contribution in [3.8, 4) is 0 Å². The Labute approximate surface area is 122 Å². The lowest BCUT2D eigenvalue weighted by Crippen LogP contribution is -2.37. The number of nitrogens with one attached hydrogen (secondary N) is 2. The molecule has 0 aliphatic rings. The topological polar surface area (TPSA) is 98.7 Å². The number of rotatable bonds is 6. The minimum Gasteiger partial charge on any atom is -0.426 e. The molecular formula is C12H16BClN2O4. The Morgan fingerprint density at radius 1 is 1.40 bits per heavy atom.